The van der Waals surface area contributed by atoms with Gasteiger partial charge in [-0.25, -0.2) is 9.78 Å². The molecule has 0 spiro atoms. The van der Waals surface area contributed by atoms with Gasteiger partial charge in [0.1, 0.15) is 17.0 Å². The maximum atomic E-state index is 12.6. The number of hydrogen-bond acceptors (Lipinski definition) is 5. The number of esters is 1. The van der Waals surface area contributed by atoms with E-state index in [1.165, 1.54) is 6.20 Å². The number of methoxy groups -OCH3 is 1. The van der Waals surface area contributed by atoms with Crippen molar-refractivity contribution < 1.29 is 14.3 Å². The molecule has 0 aliphatic heterocycles. The van der Waals surface area contributed by atoms with Gasteiger partial charge in [-0.2, -0.15) is 0 Å². The van der Waals surface area contributed by atoms with Crippen molar-refractivity contribution in [2.45, 2.75) is 6.92 Å². The normalized spacial score (nSPS) is 10.6. The van der Waals surface area contributed by atoms with Gasteiger partial charge in [-0.05, 0) is 43.3 Å². The first-order chi connectivity index (χ1) is 11.7. The summed E-state index contributed by atoms with van der Waals surface area (Å²) < 4.78 is 11.8. The Labute approximate surface area is 138 Å². The number of fused-ring (bicyclic) bond motifs is 1. The van der Waals surface area contributed by atoms with Crippen molar-refractivity contribution in [2.75, 3.05) is 13.7 Å². The van der Waals surface area contributed by atoms with E-state index in [9.17, 15) is 9.59 Å². The number of nitrogens with zero attached hydrogens (tertiary/aromatic N) is 2. The van der Waals surface area contributed by atoms with Crippen LogP contribution in [0.25, 0.3) is 16.7 Å². The summed E-state index contributed by atoms with van der Waals surface area (Å²) in [6.07, 6.45) is 3.07. The van der Waals surface area contributed by atoms with E-state index >= 15 is 0 Å². The molecule has 1 aromatic carbocycles. The Bertz CT molecular complexity index is 945. The second kappa shape index (κ2) is 6.54. The first kappa shape index (κ1) is 15.7. The summed E-state index contributed by atoms with van der Waals surface area (Å²) in [4.78, 5) is 29.0. The van der Waals surface area contributed by atoms with Gasteiger partial charge in [-0.3, -0.25) is 4.79 Å². The first-order valence-electron chi connectivity index (χ1n) is 7.47. The van der Waals surface area contributed by atoms with Crippen LogP contribution < -0.4 is 10.2 Å². The van der Waals surface area contributed by atoms with Crippen molar-refractivity contribution in [2.24, 2.45) is 0 Å². The molecule has 0 saturated carbocycles. The highest BCUT2D eigenvalue weighted by molar-refractivity contribution is 5.93. The average Bonchev–Trinajstić information content (AvgIpc) is 2.62. The molecule has 0 fully saturated rings. The maximum absolute atomic E-state index is 12.6. The Hall–Kier alpha value is -3.15. The number of rotatable bonds is 4. The lowest BCUT2D eigenvalue weighted by atomic mass is 10.2. The summed E-state index contributed by atoms with van der Waals surface area (Å²) in [6, 6.07) is 10.6. The maximum Gasteiger partial charge on any atom is 0.343 e. The number of carbonyl (C=O) groups is 1. The SMILES string of the molecule is CCOC(=O)c1cn(-c2ccc(OC)cc2)c2ncccc2c1=O. The molecule has 0 aliphatic carbocycles. The highest BCUT2D eigenvalue weighted by Crippen LogP contribution is 2.19. The second-order valence-electron chi connectivity index (χ2n) is 5.03. The highest BCUT2D eigenvalue weighted by Gasteiger charge is 2.17. The van der Waals surface area contributed by atoms with Gasteiger partial charge in [0.15, 0.2) is 0 Å². The molecule has 3 aromatic rings. The standard InChI is InChI=1S/C18H16N2O4/c1-3-24-18(22)15-11-20(12-6-8-13(23-2)9-7-12)17-14(16(15)21)5-4-10-19-17/h4-11H,3H2,1-2H3. The number of carbonyl (C=O) groups excluding carboxylic acids is 1. The second-order valence-corrected chi connectivity index (χ2v) is 5.03. The quantitative estimate of drug-likeness (QED) is 0.690. The van der Waals surface area contributed by atoms with Gasteiger partial charge in [0.2, 0.25) is 5.43 Å². The first-order valence-corrected chi connectivity index (χ1v) is 7.47. The molecular weight excluding hydrogens is 308 g/mol. The van der Waals surface area contributed by atoms with E-state index in [1.54, 1.807) is 49.1 Å². The van der Waals surface area contributed by atoms with Crippen LogP contribution in [-0.4, -0.2) is 29.2 Å². The van der Waals surface area contributed by atoms with Gasteiger partial charge in [0.25, 0.3) is 0 Å². The molecule has 2 aromatic heterocycles. The summed E-state index contributed by atoms with van der Waals surface area (Å²) >= 11 is 0. The fourth-order valence-electron chi connectivity index (χ4n) is 2.45. The Morgan fingerprint density at radius 2 is 1.96 bits per heavy atom. The smallest absolute Gasteiger partial charge is 0.343 e. The van der Waals surface area contributed by atoms with Crippen molar-refractivity contribution in [3.05, 3.63) is 64.6 Å². The molecular formula is C18H16N2O4. The molecule has 0 atom stereocenters. The van der Waals surface area contributed by atoms with Gasteiger partial charge in [-0.15, -0.1) is 0 Å². The number of ether oxygens (including phenoxy) is 2. The molecule has 2 heterocycles. The third-order valence-corrected chi connectivity index (χ3v) is 3.61. The van der Waals surface area contributed by atoms with E-state index in [4.69, 9.17) is 9.47 Å². The molecule has 122 valence electrons. The van der Waals surface area contributed by atoms with Crippen LogP contribution in [0.3, 0.4) is 0 Å². The number of aromatic nitrogens is 2. The minimum absolute atomic E-state index is 0.0202. The predicted octanol–water partition coefficient (Wildman–Crippen LogP) is 2.57. The zero-order valence-electron chi connectivity index (χ0n) is 13.4. The molecule has 0 aliphatic rings. The van der Waals surface area contributed by atoms with Gasteiger partial charge >= 0.3 is 5.97 Å². The van der Waals surface area contributed by atoms with Crippen LogP contribution in [-0.2, 0) is 4.74 Å². The monoisotopic (exact) mass is 324 g/mol. The topological polar surface area (TPSA) is 70.4 Å². The van der Waals surface area contributed by atoms with E-state index < -0.39 is 5.97 Å². The van der Waals surface area contributed by atoms with Gasteiger partial charge < -0.3 is 14.0 Å². The minimum atomic E-state index is -0.643. The van der Waals surface area contributed by atoms with E-state index in [-0.39, 0.29) is 17.6 Å². The van der Waals surface area contributed by atoms with Crippen LogP contribution in [0, 0.1) is 0 Å². The van der Waals surface area contributed by atoms with E-state index in [0.717, 1.165) is 5.69 Å². The fourth-order valence-corrected chi connectivity index (χ4v) is 2.45. The predicted molar refractivity (Wildman–Crippen MR) is 89.8 cm³/mol. The molecule has 0 unspecified atom stereocenters. The zero-order valence-corrected chi connectivity index (χ0v) is 13.4. The molecule has 0 N–H and O–H groups in total. The van der Waals surface area contributed by atoms with Crippen LogP contribution in [0.5, 0.6) is 5.75 Å². The lowest BCUT2D eigenvalue weighted by Crippen LogP contribution is -2.21. The molecule has 0 saturated heterocycles. The fraction of sp³-hybridized carbons (Fsp3) is 0.167. The number of hydrogen-bond donors (Lipinski definition) is 0. The molecule has 0 radical (unpaired) electrons. The van der Waals surface area contributed by atoms with Crippen molar-refractivity contribution >= 4 is 17.0 Å². The van der Waals surface area contributed by atoms with Crippen LogP contribution >= 0.6 is 0 Å². The molecule has 3 rings (SSSR count). The summed E-state index contributed by atoms with van der Waals surface area (Å²) in [5.41, 5.74) is 0.820. The van der Waals surface area contributed by atoms with Crippen LogP contribution in [0.15, 0.2) is 53.6 Å². The largest absolute Gasteiger partial charge is 0.497 e. The van der Waals surface area contributed by atoms with Crippen molar-refractivity contribution in [1.82, 2.24) is 9.55 Å². The Kier molecular flexibility index (Phi) is 4.29. The third kappa shape index (κ3) is 2.74. The molecule has 0 bridgehead atoms. The van der Waals surface area contributed by atoms with Crippen molar-refractivity contribution in [3.8, 4) is 11.4 Å². The summed E-state index contributed by atoms with van der Waals surface area (Å²) in [6.45, 7) is 1.90. The zero-order chi connectivity index (χ0) is 17.1. The molecule has 24 heavy (non-hydrogen) atoms. The lowest BCUT2D eigenvalue weighted by Gasteiger charge is -2.12. The summed E-state index contributed by atoms with van der Waals surface area (Å²) in [7, 11) is 1.59. The Morgan fingerprint density at radius 3 is 2.62 bits per heavy atom. The third-order valence-electron chi connectivity index (χ3n) is 3.61. The van der Waals surface area contributed by atoms with Crippen molar-refractivity contribution in [1.29, 1.82) is 0 Å². The summed E-state index contributed by atoms with van der Waals surface area (Å²) in [5, 5.41) is 0.360. The van der Waals surface area contributed by atoms with Crippen molar-refractivity contribution in [3.63, 3.8) is 0 Å². The number of pyridine rings is 2. The lowest BCUT2D eigenvalue weighted by molar-refractivity contribution is 0.0524. The van der Waals surface area contributed by atoms with Crippen LogP contribution in [0.1, 0.15) is 17.3 Å². The van der Waals surface area contributed by atoms with Crippen LogP contribution in [0.2, 0.25) is 0 Å². The number of benzene rings is 1. The summed E-state index contributed by atoms with van der Waals surface area (Å²) in [5.74, 6) is 0.0678. The molecule has 6 nitrogen and oxygen atoms in total. The van der Waals surface area contributed by atoms with Gasteiger partial charge in [-0.1, -0.05) is 0 Å². The van der Waals surface area contributed by atoms with E-state index in [1.807, 2.05) is 12.1 Å². The van der Waals surface area contributed by atoms with E-state index in [2.05, 4.69) is 4.98 Å². The highest BCUT2D eigenvalue weighted by atomic mass is 16.5. The Morgan fingerprint density at radius 1 is 1.21 bits per heavy atom. The average molecular weight is 324 g/mol. The molecule has 0 amide bonds. The van der Waals surface area contributed by atoms with E-state index in [0.29, 0.717) is 16.8 Å². The van der Waals surface area contributed by atoms with Gasteiger partial charge in [0.05, 0.1) is 19.1 Å². The Balaban J connectivity index is 2.27. The molecule has 6 heteroatoms. The van der Waals surface area contributed by atoms with Crippen LogP contribution in [0.4, 0.5) is 0 Å². The minimum Gasteiger partial charge on any atom is -0.497 e. The van der Waals surface area contributed by atoms with Gasteiger partial charge in [0, 0.05) is 18.1 Å².